The van der Waals surface area contributed by atoms with Crippen LogP contribution in [0.2, 0.25) is 0 Å². The van der Waals surface area contributed by atoms with E-state index in [9.17, 15) is 33.3 Å². The first-order valence-electron chi connectivity index (χ1n) is 13.8. The second-order valence-corrected chi connectivity index (χ2v) is 9.75. The maximum atomic E-state index is 13.1. The van der Waals surface area contributed by atoms with Crippen molar-refractivity contribution in [1.82, 2.24) is 20.2 Å². The highest BCUT2D eigenvalue weighted by Crippen LogP contribution is 2.31. The Bertz CT molecular complexity index is 1500. The van der Waals surface area contributed by atoms with Gasteiger partial charge in [0.05, 0.1) is 12.2 Å². The molecule has 0 aliphatic carbocycles. The Morgan fingerprint density at radius 3 is 2.43 bits per heavy atom. The largest absolute Gasteiger partial charge is 0.507 e. The molecule has 0 aliphatic heterocycles. The quantitative estimate of drug-likeness (QED) is 0.128. The number of hydrogen-bond donors (Lipinski definition) is 5. The minimum atomic E-state index is -4.61. The van der Waals surface area contributed by atoms with Crippen LogP contribution < -0.4 is 20.1 Å². The summed E-state index contributed by atoms with van der Waals surface area (Å²) in [6, 6.07) is 20.0. The van der Waals surface area contributed by atoms with Gasteiger partial charge in [-0.3, -0.25) is 4.79 Å². The van der Waals surface area contributed by atoms with Crippen molar-refractivity contribution >= 4 is 5.91 Å². The molecule has 1 heterocycles. The van der Waals surface area contributed by atoms with Gasteiger partial charge in [-0.2, -0.15) is 13.2 Å². The fourth-order valence-corrected chi connectivity index (χ4v) is 4.18. The van der Waals surface area contributed by atoms with E-state index in [2.05, 4.69) is 15.6 Å². The van der Waals surface area contributed by atoms with Gasteiger partial charge in [0.2, 0.25) is 0 Å². The van der Waals surface area contributed by atoms with Crippen LogP contribution >= 0.6 is 0 Å². The molecule has 3 aromatic carbocycles. The number of carbonyl (C=O) groups excluding carboxylic acids is 1. The van der Waals surface area contributed by atoms with Crippen LogP contribution in [0.1, 0.15) is 21.6 Å². The van der Waals surface area contributed by atoms with E-state index in [1.165, 1.54) is 16.7 Å². The third-order valence-corrected chi connectivity index (χ3v) is 6.40. The van der Waals surface area contributed by atoms with Crippen molar-refractivity contribution in [3.05, 3.63) is 95.8 Å². The molecule has 0 spiro atoms. The molecule has 1 aromatic heterocycles. The zero-order chi connectivity index (χ0) is 31.5. The van der Waals surface area contributed by atoms with E-state index in [0.717, 1.165) is 11.8 Å². The lowest BCUT2D eigenvalue weighted by molar-refractivity contribution is -0.140. The molecule has 1 atom stereocenters. The van der Waals surface area contributed by atoms with E-state index in [1.807, 2.05) is 30.3 Å². The van der Waals surface area contributed by atoms with E-state index >= 15 is 0 Å². The number of amides is 1. The zero-order valence-electron chi connectivity index (χ0n) is 23.6. The molecule has 1 amide bonds. The number of aromatic nitrogens is 2. The fourth-order valence-electron chi connectivity index (χ4n) is 4.18. The monoisotopic (exact) mass is 614 g/mol. The molecule has 0 aliphatic rings. The summed E-state index contributed by atoms with van der Waals surface area (Å²) in [5.41, 5.74) is 0.386. The van der Waals surface area contributed by atoms with E-state index < -0.39 is 23.9 Å². The van der Waals surface area contributed by atoms with Crippen molar-refractivity contribution in [3.63, 3.8) is 0 Å². The number of alkyl halides is 3. The SMILES string of the molecule is O=C(NCc1ccccc1)c1cc(OCCNCC(O)COc2ccc(-c3nc(C(F)(F)F)cn3CCO)cc2)ccc1O. The Hall–Kier alpha value is -4.59. The minimum absolute atomic E-state index is 0.0377. The lowest BCUT2D eigenvalue weighted by Gasteiger charge is -2.14. The van der Waals surface area contributed by atoms with Crippen LogP contribution in [0.4, 0.5) is 13.2 Å². The van der Waals surface area contributed by atoms with Crippen LogP contribution in [-0.4, -0.2) is 69.8 Å². The summed E-state index contributed by atoms with van der Waals surface area (Å²) in [6.45, 7) is 0.701. The molecule has 4 aromatic rings. The topological polar surface area (TPSA) is 138 Å². The Labute approximate surface area is 251 Å². The van der Waals surface area contributed by atoms with Crippen molar-refractivity contribution in [2.75, 3.05) is 32.9 Å². The highest BCUT2D eigenvalue weighted by Gasteiger charge is 2.35. The normalized spacial score (nSPS) is 12.1. The van der Waals surface area contributed by atoms with Gasteiger partial charge in [-0.05, 0) is 48.0 Å². The number of aliphatic hydroxyl groups is 2. The first-order chi connectivity index (χ1) is 21.1. The molecule has 44 heavy (non-hydrogen) atoms. The van der Waals surface area contributed by atoms with E-state index in [-0.39, 0.29) is 50.0 Å². The van der Waals surface area contributed by atoms with Crippen molar-refractivity contribution in [2.24, 2.45) is 0 Å². The van der Waals surface area contributed by atoms with E-state index in [0.29, 0.717) is 30.2 Å². The Balaban J connectivity index is 1.18. The average molecular weight is 615 g/mol. The van der Waals surface area contributed by atoms with Gasteiger partial charge in [0.25, 0.3) is 5.91 Å². The smallest absolute Gasteiger partial charge is 0.434 e. The summed E-state index contributed by atoms with van der Waals surface area (Å²) >= 11 is 0. The van der Waals surface area contributed by atoms with Crippen molar-refractivity contribution in [3.8, 4) is 28.6 Å². The summed E-state index contributed by atoms with van der Waals surface area (Å²) in [5.74, 6) is 0.275. The zero-order valence-corrected chi connectivity index (χ0v) is 23.6. The van der Waals surface area contributed by atoms with Gasteiger partial charge in [-0.1, -0.05) is 30.3 Å². The third-order valence-electron chi connectivity index (χ3n) is 6.40. The molecular weight excluding hydrogens is 581 g/mol. The lowest BCUT2D eigenvalue weighted by atomic mass is 10.1. The number of carbonyl (C=O) groups is 1. The summed E-state index contributed by atoms with van der Waals surface area (Å²) in [4.78, 5) is 16.2. The van der Waals surface area contributed by atoms with Crippen molar-refractivity contribution in [2.45, 2.75) is 25.4 Å². The van der Waals surface area contributed by atoms with Crippen LogP contribution in [0.15, 0.2) is 79.0 Å². The number of halogens is 3. The van der Waals surface area contributed by atoms with Gasteiger partial charge in [0.15, 0.2) is 5.69 Å². The fraction of sp³-hybridized carbons (Fsp3) is 0.290. The van der Waals surface area contributed by atoms with E-state index in [1.54, 1.807) is 30.3 Å². The number of phenolic OH excluding ortho intramolecular Hbond substituents is 1. The predicted molar refractivity (Wildman–Crippen MR) is 155 cm³/mol. The van der Waals surface area contributed by atoms with Gasteiger partial charge >= 0.3 is 6.18 Å². The number of nitrogens with one attached hydrogen (secondary N) is 2. The number of aliphatic hydroxyl groups excluding tert-OH is 2. The van der Waals surface area contributed by atoms with E-state index in [4.69, 9.17) is 9.47 Å². The highest BCUT2D eigenvalue weighted by molar-refractivity contribution is 5.97. The first kappa shape index (κ1) is 32.3. The molecule has 5 N–H and O–H groups in total. The number of nitrogens with zero attached hydrogens (tertiary/aromatic N) is 2. The summed E-state index contributed by atoms with van der Waals surface area (Å²) in [6.07, 6.45) is -4.61. The maximum Gasteiger partial charge on any atom is 0.434 e. The molecule has 0 fully saturated rings. The van der Waals surface area contributed by atoms with Crippen LogP contribution in [0, 0.1) is 0 Å². The van der Waals surface area contributed by atoms with Gasteiger partial charge in [-0.25, -0.2) is 4.98 Å². The molecule has 0 saturated heterocycles. The third kappa shape index (κ3) is 9.20. The number of phenols is 1. The van der Waals surface area contributed by atoms with Crippen LogP contribution in [0.5, 0.6) is 17.2 Å². The molecule has 10 nitrogen and oxygen atoms in total. The number of aromatic hydroxyl groups is 1. The Morgan fingerprint density at radius 2 is 1.73 bits per heavy atom. The van der Waals surface area contributed by atoms with Gasteiger partial charge in [0.1, 0.15) is 42.4 Å². The van der Waals surface area contributed by atoms with Crippen LogP contribution in [-0.2, 0) is 19.3 Å². The molecule has 0 radical (unpaired) electrons. The standard InChI is InChI=1S/C31H33F3N4O6/c32-31(33,34)28-19-38(13-14-39)29(37-28)22-6-8-24(9-7-22)44-20-23(40)18-35-12-15-43-25-10-11-27(41)26(16-25)30(42)36-17-21-4-2-1-3-5-21/h1-11,16,19,23,35,39-41H,12-15,17-18,20H2,(H,36,42). The lowest BCUT2D eigenvalue weighted by Crippen LogP contribution is -2.33. The molecule has 1 unspecified atom stereocenters. The second kappa shape index (κ2) is 15.2. The van der Waals surface area contributed by atoms with Gasteiger partial charge in [0, 0.05) is 37.9 Å². The Kier molecular flexibility index (Phi) is 11.2. The molecule has 13 heteroatoms. The molecule has 0 bridgehead atoms. The molecule has 0 saturated carbocycles. The highest BCUT2D eigenvalue weighted by atomic mass is 19.4. The molecule has 4 rings (SSSR count). The van der Waals surface area contributed by atoms with Gasteiger partial charge < -0.3 is 40.0 Å². The van der Waals surface area contributed by atoms with Gasteiger partial charge in [-0.15, -0.1) is 0 Å². The van der Waals surface area contributed by atoms with Crippen molar-refractivity contribution in [1.29, 1.82) is 0 Å². The number of benzene rings is 3. The number of imidazole rings is 1. The predicted octanol–water partition coefficient (Wildman–Crippen LogP) is 3.61. The van der Waals surface area contributed by atoms with Crippen molar-refractivity contribution < 1.29 is 42.8 Å². The number of ether oxygens (including phenoxy) is 2. The summed E-state index contributed by atoms with van der Waals surface area (Å²) in [5, 5.41) is 35.4. The van der Waals surface area contributed by atoms with Crippen LogP contribution in [0.25, 0.3) is 11.4 Å². The first-order valence-corrected chi connectivity index (χ1v) is 13.8. The summed E-state index contributed by atoms with van der Waals surface area (Å²) in [7, 11) is 0. The second-order valence-electron chi connectivity index (χ2n) is 9.75. The maximum absolute atomic E-state index is 13.1. The van der Waals surface area contributed by atoms with Crippen LogP contribution in [0.3, 0.4) is 0 Å². The Morgan fingerprint density at radius 1 is 1.00 bits per heavy atom. The minimum Gasteiger partial charge on any atom is -0.507 e. The number of rotatable bonds is 15. The average Bonchev–Trinajstić information content (AvgIpc) is 3.45. The number of hydrogen-bond acceptors (Lipinski definition) is 8. The molecule has 234 valence electrons. The summed E-state index contributed by atoms with van der Waals surface area (Å²) < 4.78 is 51.8. The molecular formula is C31H33F3N4O6.